The second-order valence-electron chi connectivity index (χ2n) is 6.34. The number of carbonyl (C=O) groups excluding carboxylic acids is 1. The summed E-state index contributed by atoms with van der Waals surface area (Å²) in [5, 5.41) is 11.9. The molecular weight excluding hydrogens is 459 g/mol. The van der Waals surface area contributed by atoms with E-state index in [9.17, 15) is 23.1 Å². The van der Waals surface area contributed by atoms with E-state index in [4.69, 9.17) is 0 Å². The Hall–Kier alpha value is -1.78. The van der Waals surface area contributed by atoms with Crippen molar-refractivity contribution in [1.82, 2.24) is 4.98 Å². The van der Waals surface area contributed by atoms with Crippen molar-refractivity contribution < 1.29 is 23.1 Å². The molecule has 1 aromatic heterocycles. The molecular formula is C18H17BrF3N3O2S. The van der Waals surface area contributed by atoms with Crippen molar-refractivity contribution in [3.05, 3.63) is 46.6 Å². The van der Waals surface area contributed by atoms with Gasteiger partial charge < -0.3 is 15.3 Å². The van der Waals surface area contributed by atoms with Gasteiger partial charge >= 0.3 is 5.51 Å². The Balaban J connectivity index is 1.65. The van der Waals surface area contributed by atoms with Crippen molar-refractivity contribution >= 4 is 45.1 Å². The van der Waals surface area contributed by atoms with Crippen LogP contribution in [0.1, 0.15) is 16.8 Å². The van der Waals surface area contributed by atoms with E-state index in [1.807, 2.05) is 4.90 Å². The summed E-state index contributed by atoms with van der Waals surface area (Å²) in [4.78, 5) is 18.9. The average Bonchev–Trinajstić information content (AvgIpc) is 3.11. The van der Waals surface area contributed by atoms with Crippen LogP contribution in [-0.4, -0.2) is 41.2 Å². The normalized spacial score (nSPS) is 17.0. The van der Waals surface area contributed by atoms with Crippen LogP contribution in [0.25, 0.3) is 0 Å². The van der Waals surface area contributed by atoms with Gasteiger partial charge in [-0.15, -0.1) is 0 Å². The van der Waals surface area contributed by atoms with E-state index in [1.165, 1.54) is 30.5 Å². The minimum Gasteiger partial charge on any atom is -0.396 e. The van der Waals surface area contributed by atoms with Crippen LogP contribution in [-0.2, 0) is 0 Å². The second-order valence-corrected chi connectivity index (χ2v) is 8.33. The molecule has 1 amide bonds. The molecule has 10 heteroatoms. The quantitative estimate of drug-likeness (QED) is 0.622. The number of hydrogen-bond acceptors (Lipinski definition) is 5. The highest BCUT2D eigenvalue weighted by atomic mass is 79.9. The zero-order valence-corrected chi connectivity index (χ0v) is 16.9. The van der Waals surface area contributed by atoms with Crippen LogP contribution >= 0.6 is 27.7 Å². The van der Waals surface area contributed by atoms with Gasteiger partial charge in [0.15, 0.2) is 0 Å². The van der Waals surface area contributed by atoms with Gasteiger partial charge in [0, 0.05) is 42.4 Å². The molecule has 5 nitrogen and oxygen atoms in total. The summed E-state index contributed by atoms with van der Waals surface area (Å²) in [7, 11) is 0. The summed E-state index contributed by atoms with van der Waals surface area (Å²) in [6.45, 7) is 1.62. The molecule has 3 rings (SSSR count). The van der Waals surface area contributed by atoms with E-state index < -0.39 is 11.4 Å². The summed E-state index contributed by atoms with van der Waals surface area (Å²) in [6.07, 6.45) is 2.34. The van der Waals surface area contributed by atoms with Crippen LogP contribution in [0.2, 0.25) is 0 Å². The molecule has 1 unspecified atom stereocenters. The van der Waals surface area contributed by atoms with Crippen molar-refractivity contribution in [1.29, 1.82) is 0 Å². The Bertz CT molecular complexity index is 849. The number of amides is 1. The van der Waals surface area contributed by atoms with Crippen LogP contribution in [0.4, 0.5) is 24.7 Å². The largest absolute Gasteiger partial charge is 0.446 e. The third-order valence-electron chi connectivity index (χ3n) is 4.27. The SMILES string of the molecule is O=C(Nc1ccc(SC(F)(F)F)cc1)c1cnc(N2CCC(CO)C2)c(Br)c1. The standard InChI is InChI=1S/C18H17BrF3N3O2S/c19-15-7-12(8-23-16(15)25-6-5-11(9-25)10-26)17(27)24-13-1-3-14(4-2-13)28-18(20,21)22/h1-4,7-8,11,26H,5-6,9-10H2,(H,24,27). The van der Waals surface area contributed by atoms with Gasteiger partial charge in [-0.25, -0.2) is 4.98 Å². The van der Waals surface area contributed by atoms with Crippen molar-refractivity contribution in [3.8, 4) is 0 Å². The number of rotatable bonds is 5. The number of nitrogens with one attached hydrogen (secondary N) is 1. The first kappa shape index (κ1) is 20.9. The molecule has 150 valence electrons. The lowest BCUT2D eigenvalue weighted by Gasteiger charge is -2.19. The lowest BCUT2D eigenvalue weighted by Crippen LogP contribution is -2.22. The van der Waals surface area contributed by atoms with E-state index >= 15 is 0 Å². The van der Waals surface area contributed by atoms with Gasteiger partial charge in [-0.3, -0.25) is 4.79 Å². The molecule has 0 aliphatic carbocycles. The Morgan fingerprint density at radius 2 is 2.07 bits per heavy atom. The Morgan fingerprint density at radius 3 is 2.64 bits per heavy atom. The molecule has 2 heterocycles. The predicted octanol–water partition coefficient (Wildman–Crippen LogP) is 4.53. The molecule has 2 aromatic rings. The molecule has 1 fully saturated rings. The monoisotopic (exact) mass is 475 g/mol. The highest BCUT2D eigenvalue weighted by molar-refractivity contribution is 9.10. The smallest absolute Gasteiger partial charge is 0.396 e. The van der Waals surface area contributed by atoms with E-state index in [-0.39, 0.29) is 29.2 Å². The topological polar surface area (TPSA) is 65.5 Å². The number of hydrogen-bond donors (Lipinski definition) is 2. The van der Waals surface area contributed by atoms with Crippen LogP contribution in [0.5, 0.6) is 0 Å². The van der Waals surface area contributed by atoms with E-state index in [0.29, 0.717) is 28.1 Å². The molecule has 28 heavy (non-hydrogen) atoms. The van der Waals surface area contributed by atoms with Gasteiger partial charge in [0.25, 0.3) is 5.91 Å². The predicted molar refractivity (Wildman–Crippen MR) is 106 cm³/mol. The third-order valence-corrected chi connectivity index (χ3v) is 5.60. The number of alkyl halides is 3. The zero-order valence-electron chi connectivity index (χ0n) is 14.5. The number of halogens is 4. The lowest BCUT2D eigenvalue weighted by molar-refractivity contribution is -0.0328. The molecule has 0 radical (unpaired) electrons. The molecule has 1 aromatic carbocycles. The van der Waals surface area contributed by atoms with Gasteiger partial charge in [-0.2, -0.15) is 13.2 Å². The van der Waals surface area contributed by atoms with Gasteiger partial charge in [0.1, 0.15) is 5.82 Å². The summed E-state index contributed by atoms with van der Waals surface area (Å²) < 4.78 is 37.8. The molecule has 0 saturated carbocycles. The maximum absolute atomic E-state index is 12.4. The zero-order chi connectivity index (χ0) is 20.3. The molecule has 0 bridgehead atoms. The van der Waals surface area contributed by atoms with Crippen LogP contribution in [0, 0.1) is 5.92 Å². The maximum atomic E-state index is 12.4. The minimum absolute atomic E-state index is 0.0473. The number of thioether (sulfide) groups is 1. The van der Waals surface area contributed by atoms with Crippen LogP contribution in [0.15, 0.2) is 45.9 Å². The average molecular weight is 476 g/mol. The van der Waals surface area contributed by atoms with Gasteiger partial charge in [0.05, 0.1) is 10.0 Å². The van der Waals surface area contributed by atoms with Gasteiger partial charge in [0.2, 0.25) is 0 Å². The number of nitrogens with zero attached hydrogens (tertiary/aromatic N) is 2. The van der Waals surface area contributed by atoms with Crippen molar-refractivity contribution in [2.75, 3.05) is 29.9 Å². The first-order valence-corrected chi connectivity index (χ1v) is 10.0. The van der Waals surface area contributed by atoms with Crippen LogP contribution < -0.4 is 10.2 Å². The van der Waals surface area contributed by atoms with Crippen molar-refractivity contribution in [2.45, 2.75) is 16.8 Å². The molecule has 1 saturated heterocycles. The number of benzene rings is 1. The summed E-state index contributed by atoms with van der Waals surface area (Å²) in [5.41, 5.74) is -3.64. The number of carbonyl (C=O) groups is 1. The molecule has 2 N–H and O–H groups in total. The molecule has 0 spiro atoms. The first-order valence-electron chi connectivity index (χ1n) is 8.43. The highest BCUT2D eigenvalue weighted by Crippen LogP contribution is 2.37. The van der Waals surface area contributed by atoms with Gasteiger partial charge in [-0.1, -0.05) is 0 Å². The fraction of sp³-hybridized carbons (Fsp3) is 0.333. The number of aliphatic hydroxyl groups is 1. The Kier molecular flexibility index (Phi) is 6.51. The number of aromatic nitrogens is 1. The van der Waals surface area contributed by atoms with Gasteiger partial charge in [-0.05, 0) is 64.4 Å². The second kappa shape index (κ2) is 8.71. The number of pyridine rings is 1. The fourth-order valence-electron chi connectivity index (χ4n) is 2.90. The number of aliphatic hydroxyl groups excluding tert-OH is 1. The minimum atomic E-state index is -4.35. The third kappa shape index (κ3) is 5.39. The van der Waals surface area contributed by atoms with Crippen molar-refractivity contribution in [2.24, 2.45) is 5.92 Å². The van der Waals surface area contributed by atoms with Crippen LogP contribution in [0.3, 0.4) is 0 Å². The summed E-state index contributed by atoms with van der Waals surface area (Å²) >= 11 is 3.23. The van der Waals surface area contributed by atoms with Crippen molar-refractivity contribution in [3.63, 3.8) is 0 Å². The fourth-order valence-corrected chi connectivity index (χ4v) is 4.04. The molecule has 1 atom stereocenters. The Morgan fingerprint density at radius 1 is 1.36 bits per heavy atom. The first-order chi connectivity index (χ1) is 13.2. The Labute approximate surface area is 172 Å². The maximum Gasteiger partial charge on any atom is 0.446 e. The van der Waals surface area contributed by atoms with E-state index in [0.717, 1.165) is 13.0 Å². The van der Waals surface area contributed by atoms with E-state index in [2.05, 4.69) is 26.2 Å². The highest BCUT2D eigenvalue weighted by Gasteiger charge is 2.29. The summed E-state index contributed by atoms with van der Waals surface area (Å²) in [5.74, 6) is 0.516. The molecule has 1 aliphatic heterocycles. The number of anilines is 2. The lowest BCUT2D eigenvalue weighted by atomic mass is 10.1. The van der Waals surface area contributed by atoms with E-state index in [1.54, 1.807) is 6.07 Å². The summed E-state index contributed by atoms with van der Waals surface area (Å²) in [6, 6.07) is 7.09. The molecule has 1 aliphatic rings.